The summed E-state index contributed by atoms with van der Waals surface area (Å²) in [4.78, 5) is 24.2. The number of carbonyl (C=O) groups excluding carboxylic acids is 2. The van der Waals surface area contributed by atoms with Crippen LogP contribution in [0.2, 0.25) is 0 Å². The molecule has 4 nitrogen and oxygen atoms in total. The molecule has 1 rings (SSSR count). The Morgan fingerprint density at radius 3 is 1.94 bits per heavy atom. The molecular weight excluding hydrogens is 232 g/mol. The van der Waals surface area contributed by atoms with Gasteiger partial charge in [-0.2, -0.15) is 0 Å². The molecule has 0 amide bonds. The van der Waals surface area contributed by atoms with Crippen LogP contribution in [0, 0.1) is 0 Å². The quantitative estimate of drug-likeness (QED) is 0.423. The number of benzene rings is 1. The van der Waals surface area contributed by atoms with Crippen LogP contribution < -0.4 is 0 Å². The second-order valence-corrected chi connectivity index (χ2v) is 3.73. The summed E-state index contributed by atoms with van der Waals surface area (Å²) in [7, 11) is 0. The zero-order chi connectivity index (χ0) is 13.6. The number of carbonyl (C=O) groups is 2. The van der Waals surface area contributed by atoms with Gasteiger partial charge < -0.3 is 9.47 Å². The molecule has 98 valence electrons. The molecule has 0 fully saturated rings. The first-order valence-electron chi connectivity index (χ1n) is 5.97. The fourth-order valence-electron chi connectivity index (χ4n) is 1.72. The topological polar surface area (TPSA) is 52.6 Å². The highest BCUT2D eigenvalue weighted by Crippen LogP contribution is 2.21. The minimum atomic E-state index is -1.81. The van der Waals surface area contributed by atoms with E-state index < -0.39 is 17.4 Å². The maximum Gasteiger partial charge on any atom is 0.294 e. The Labute approximate surface area is 107 Å². The van der Waals surface area contributed by atoms with Gasteiger partial charge in [0.15, 0.2) is 5.78 Å². The molecular formula is C14H18O4. The Balaban J connectivity index is 3.17. The Morgan fingerprint density at radius 1 is 1.06 bits per heavy atom. The molecule has 0 heterocycles. The molecule has 18 heavy (non-hydrogen) atoms. The van der Waals surface area contributed by atoms with Gasteiger partial charge in [-0.25, -0.2) is 0 Å². The van der Waals surface area contributed by atoms with Crippen LogP contribution in [0.15, 0.2) is 30.3 Å². The zero-order valence-corrected chi connectivity index (χ0v) is 10.9. The van der Waals surface area contributed by atoms with Crippen molar-refractivity contribution in [2.45, 2.75) is 26.6 Å². The summed E-state index contributed by atoms with van der Waals surface area (Å²) in [5.41, 5.74) is 0.398. The molecule has 0 aliphatic carbocycles. The van der Waals surface area contributed by atoms with Crippen molar-refractivity contribution in [3.8, 4) is 0 Å². The summed E-state index contributed by atoms with van der Waals surface area (Å²) in [5, 5.41) is 0. The molecule has 0 aliphatic heterocycles. The molecule has 0 radical (unpaired) electrons. The highest BCUT2D eigenvalue weighted by atomic mass is 16.7. The summed E-state index contributed by atoms with van der Waals surface area (Å²) < 4.78 is 10.7. The molecule has 0 N–H and O–H groups in total. The van der Waals surface area contributed by atoms with Crippen LogP contribution in [-0.4, -0.2) is 30.6 Å². The van der Waals surface area contributed by atoms with E-state index in [1.807, 2.05) is 0 Å². The van der Waals surface area contributed by atoms with E-state index in [9.17, 15) is 9.59 Å². The number of ketones is 2. The normalized spacial score (nSPS) is 11.3. The van der Waals surface area contributed by atoms with Gasteiger partial charge in [-0.3, -0.25) is 9.59 Å². The fourth-order valence-corrected chi connectivity index (χ4v) is 1.72. The lowest BCUT2D eigenvalue weighted by atomic mass is 10.00. The van der Waals surface area contributed by atoms with Gasteiger partial charge in [-0.05, 0) is 13.8 Å². The first kappa shape index (κ1) is 14.5. The maximum absolute atomic E-state index is 12.4. The SMILES string of the molecule is CCOC(OCC)(C(C)=O)C(=O)c1ccccc1. The van der Waals surface area contributed by atoms with Crippen molar-refractivity contribution in [2.75, 3.05) is 13.2 Å². The second-order valence-electron chi connectivity index (χ2n) is 3.73. The monoisotopic (exact) mass is 250 g/mol. The van der Waals surface area contributed by atoms with Crippen molar-refractivity contribution in [3.05, 3.63) is 35.9 Å². The van der Waals surface area contributed by atoms with E-state index in [0.717, 1.165) is 0 Å². The van der Waals surface area contributed by atoms with Crippen LogP contribution in [0.5, 0.6) is 0 Å². The largest absolute Gasteiger partial charge is 0.338 e. The van der Waals surface area contributed by atoms with Crippen molar-refractivity contribution in [2.24, 2.45) is 0 Å². The second kappa shape index (κ2) is 6.42. The summed E-state index contributed by atoms with van der Waals surface area (Å²) in [5.74, 6) is -2.72. The van der Waals surface area contributed by atoms with Gasteiger partial charge in [0.2, 0.25) is 5.78 Å². The molecule has 0 unspecified atom stereocenters. The molecule has 0 aromatic heterocycles. The zero-order valence-electron chi connectivity index (χ0n) is 10.9. The lowest BCUT2D eigenvalue weighted by Crippen LogP contribution is -2.50. The third-order valence-electron chi connectivity index (χ3n) is 2.49. The van der Waals surface area contributed by atoms with E-state index in [0.29, 0.717) is 5.56 Å². The standard InChI is InChI=1S/C14H18O4/c1-4-17-14(11(3)15,18-5-2)13(16)12-9-7-6-8-10-12/h6-10H,4-5H2,1-3H3. The number of Topliss-reactive ketones (excluding diaryl/α,β-unsaturated/α-hetero) is 2. The fraction of sp³-hybridized carbons (Fsp3) is 0.429. The van der Waals surface area contributed by atoms with Gasteiger partial charge in [0.1, 0.15) is 0 Å². The lowest BCUT2D eigenvalue weighted by molar-refractivity contribution is -0.198. The molecule has 0 atom stereocenters. The van der Waals surface area contributed by atoms with E-state index in [4.69, 9.17) is 9.47 Å². The Morgan fingerprint density at radius 2 is 1.56 bits per heavy atom. The van der Waals surface area contributed by atoms with Crippen molar-refractivity contribution >= 4 is 11.6 Å². The Bertz CT molecular complexity index is 405. The number of rotatable bonds is 7. The predicted molar refractivity (Wildman–Crippen MR) is 67.4 cm³/mol. The maximum atomic E-state index is 12.4. The van der Waals surface area contributed by atoms with Crippen LogP contribution in [0.3, 0.4) is 0 Å². The van der Waals surface area contributed by atoms with Crippen molar-refractivity contribution in [1.82, 2.24) is 0 Å². The number of hydrogen-bond acceptors (Lipinski definition) is 4. The minimum absolute atomic E-state index is 0.220. The predicted octanol–water partition coefficient (Wildman–Crippen LogP) is 2.23. The van der Waals surface area contributed by atoms with Crippen LogP contribution in [0.1, 0.15) is 31.1 Å². The average molecular weight is 250 g/mol. The van der Waals surface area contributed by atoms with Gasteiger partial charge in [0, 0.05) is 25.7 Å². The Kier molecular flexibility index (Phi) is 5.19. The minimum Gasteiger partial charge on any atom is -0.338 e. The first-order valence-corrected chi connectivity index (χ1v) is 5.97. The summed E-state index contributed by atoms with van der Waals surface area (Å²) >= 11 is 0. The molecule has 1 aromatic carbocycles. The smallest absolute Gasteiger partial charge is 0.294 e. The van der Waals surface area contributed by atoms with E-state index in [2.05, 4.69) is 0 Å². The summed E-state index contributed by atoms with van der Waals surface area (Å²) in [6, 6.07) is 8.54. The third-order valence-corrected chi connectivity index (χ3v) is 2.49. The van der Waals surface area contributed by atoms with Crippen molar-refractivity contribution in [3.63, 3.8) is 0 Å². The van der Waals surface area contributed by atoms with Crippen LogP contribution >= 0.6 is 0 Å². The third kappa shape index (κ3) is 2.83. The molecule has 0 spiro atoms. The summed E-state index contributed by atoms with van der Waals surface area (Å²) in [6.07, 6.45) is 0. The van der Waals surface area contributed by atoms with Crippen molar-refractivity contribution in [1.29, 1.82) is 0 Å². The molecule has 0 bridgehead atoms. The molecule has 0 saturated heterocycles. The van der Waals surface area contributed by atoms with Crippen molar-refractivity contribution < 1.29 is 19.1 Å². The van der Waals surface area contributed by atoms with Gasteiger partial charge in [0.05, 0.1) is 0 Å². The first-order chi connectivity index (χ1) is 8.58. The lowest BCUT2D eigenvalue weighted by Gasteiger charge is -2.28. The summed E-state index contributed by atoms with van der Waals surface area (Å²) in [6.45, 7) is 5.17. The van der Waals surface area contributed by atoms with Gasteiger partial charge >= 0.3 is 0 Å². The molecule has 1 aromatic rings. The van der Waals surface area contributed by atoms with Crippen LogP contribution in [0.25, 0.3) is 0 Å². The highest BCUT2D eigenvalue weighted by Gasteiger charge is 2.45. The van der Waals surface area contributed by atoms with Gasteiger partial charge in [0.25, 0.3) is 5.79 Å². The van der Waals surface area contributed by atoms with Gasteiger partial charge in [-0.15, -0.1) is 0 Å². The molecule has 4 heteroatoms. The highest BCUT2D eigenvalue weighted by molar-refractivity contribution is 6.15. The Hall–Kier alpha value is -1.52. The number of hydrogen-bond donors (Lipinski definition) is 0. The average Bonchev–Trinajstić information content (AvgIpc) is 2.38. The van der Waals surface area contributed by atoms with E-state index in [1.165, 1.54) is 6.92 Å². The number of ether oxygens (including phenoxy) is 2. The van der Waals surface area contributed by atoms with Gasteiger partial charge in [-0.1, -0.05) is 30.3 Å². The van der Waals surface area contributed by atoms with Crippen LogP contribution in [-0.2, 0) is 14.3 Å². The van der Waals surface area contributed by atoms with E-state index >= 15 is 0 Å². The molecule has 0 aliphatic rings. The van der Waals surface area contributed by atoms with Crippen LogP contribution in [0.4, 0.5) is 0 Å². The molecule has 0 saturated carbocycles. The van der Waals surface area contributed by atoms with E-state index in [1.54, 1.807) is 44.2 Å². The van der Waals surface area contributed by atoms with E-state index in [-0.39, 0.29) is 13.2 Å².